The number of aromatic hydroxyl groups is 1. The summed E-state index contributed by atoms with van der Waals surface area (Å²) in [4.78, 5) is 16.0. The van der Waals surface area contributed by atoms with Gasteiger partial charge in [0.1, 0.15) is 5.69 Å². The summed E-state index contributed by atoms with van der Waals surface area (Å²) in [7, 11) is 0. The minimum atomic E-state index is 0.0319. The third-order valence-electron chi connectivity index (χ3n) is 3.44. The fourth-order valence-electron chi connectivity index (χ4n) is 2.43. The van der Waals surface area contributed by atoms with Crippen LogP contribution in [0.5, 0.6) is 5.88 Å². The molecule has 0 spiro atoms. The highest BCUT2D eigenvalue weighted by Crippen LogP contribution is 2.35. The van der Waals surface area contributed by atoms with Crippen LogP contribution >= 0.6 is 0 Å². The summed E-state index contributed by atoms with van der Waals surface area (Å²) in [5.74, 6) is 0.387. The molecule has 0 saturated carbocycles. The Bertz CT molecular complexity index is 977. The molecule has 2 aromatic carbocycles. The zero-order chi connectivity index (χ0) is 14.4. The van der Waals surface area contributed by atoms with Crippen molar-refractivity contribution in [3.8, 4) is 5.88 Å². The van der Waals surface area contributed by atoms with Gasteiger partial charge in [0, 0.05) is 5.39 Å². The Morgan fingerprint density at radius 1 is 1.05 bits per heavy atom. The first-order valence-corrected chi connectivity index (χ1v) is 6.63. The highest BCUT2D eigenvalue weighted by Gasteiger charge is 2.12. The Hall–Kier alpha value is -2.95. The van der Waals surface area contributed by atoms with E-state index < -0.39 is 0 Å². The van der Waals surface area contributed by atoms with Gasteiger partial charge in [0.25, 0.3) is 5.96 Å². The molecule has 102 valence electrons. The Labute approximate surface area is 120 Å². The second-order valence-electron chi connectivity index (χ2n) is 5.00. The first kappa shape index (κ1) is 11.8. The highest BCUT2D eigenvalue weighted by atomic mass is 16.3. The van der Waals surface area contributed by atoms with Gasteiger partial charge in [0.05, 0.1) is 16.2 Å². The molecule has 5 nitrogen and oxygen atoms in total. The standard InChI is InChI=1S/C16H12N4O/c1-9-6-7-11-10(8-9)14(15(21)17-11)20-16-18-12-4-2-3-5-13(12)19-16/h2-8,17,21H,1H3. The van der Waals surface area contributed by atoms with E-state index in [4.69, 9.17) is 0 Å². The van der Waals surface area contributed by atoms with E-state index in [2.05, 4.69) is 20.0 Å². The molecule has 0 fully saturated rings. The fraction of sp³-hybridized carbons (Fsp3) is 0.0625. The van der Waals surface area contributed by atoms with Gasteiger partial charge in [0.15, 0.2) is 0 Å². The van der Waals surface area contributed by atoms with Gasteiger partial charge in [-0.05, 0) is 31.2 Å². The van der Waals surface area contributed by atoms with Crippen LogP contribution in [0, 0.1) is 6.92 Å². The molecular formula is C16H12N4O. The molecule has 1 aromatic heterocycles. The lowest BCUT2D eigenvalue weighted by Crippen LogP contribution is -2.19. The summed E-state index contributed by atoms with van der Waals surface area (Å²) in [6.07, 6.45) is 0. The minimum Gasteiger partial charge on any atom is -0.493 e. The quantitative estimate of drug-likeness (QED) is 0.702. The average Bonchev–Trinajstić information content (AvgIpc) is 3.01. The van der Waals surface area contributed by atoms with Gasteiger partial charge < -0.3 is 10.1 Å². The number of hydrogen-bond acceptors (Lipinski definition) is 2. The van der Waals surface area contributed by atoms with Crippen LogP contribution in [-0.2, 0) is 0 Å². The number of aromatic nitrogens is 1. The van der Waals surface area contributed by atoms with Gasteiger partial charge in [-0.15, -0.1) is 0 Å². The third kappa shape index (κ3) is 1.90. The lowest BCUT2D eigenvalue weighted by molar-refractivity contribution is 0.460. The Kier molecular flexibility index (Phi) is 2.41. The van der Waals surface area contributed by atoms with Crippen molar-refractivity contribution in [3.05, 3.63) is 58.7 Å². The maximum absolute atomic E-state index is 10.1. The fourth-order valence-corrected chi connectivity index (χ4v) is 2.43. The summed E-state index contributed by atoms with van der Waals surface area (Å²) >= 11 is 0. The molecule has 1 aliphatic rings. The van der Waals surface area contributed by atoms with E-state index in [0.717, 1.165) is 27.2 Å². The second kappa shape index (κ2) is 4.28. The van der Waals surface area contributed by atoms with Crippen molar-refractivity contribution in [2.24, 2.45) is 15.0 Å². The molecule has 2 heterocycles. The number of benzene rings is 2. The molecule has 3 aromatic rings. The number of hydrogen-bond donors (Lipinski definition) is 2. The van der Waals surface area contributed by atoms with Crippen molar-refractivity contribution >= 4 is 22.5 Å². The molecule has 1 aliphatic heterocycles. The number of fused-ring (bicyclic) bond motifs is 2. The maximum Gasteiger partial charge on any atom is 0.251 e. The number of nitrogens with zero attached hydrogens (tertiary/aromatic N) is 3. The van der Waals surface area contributed by atoms with Gasteiger partial charge in [-0.2, -0.15) is 0 Å². The summed E-state index contributed by atoms with van der Waals surface area (Å²) in [6.45, 7) is 2.00. The average molecular weight is 276 g/mol. The van der Waals surface area contributed by atoms with Crippen molar-refractivity contribution in [2.75, 3.05) is 0 Å². The molecule has 21 heavy (non-hydrogen) atoms. The predicted octanol–water partition coefficient (Wildman–Crippen LogP) is 2.12. The molecule has 5 heteroatoms. The smallest absolute Gasteiger partial charge is 0.251 e. The van der Waals surface area contributed by atoms with Crippen LogP contribution in [0.4, 0.5) is 5.69 Å². The second-order valence-corrected chi connectivity index (χ2v) is 5.00. The van der Waals surface area contributed by atoms with E-state index in [1.807, 2.05) is 49.4 Å². The lowest BCUT2D eigenvalue weighted by atomic mass is 10.1. The molecular weight excluding hydrogens is 264 g/mol. The van der Waals surface area contributed by atoms with Crippen LogP contribution in [0.1, 0.15) is 5.56 Å². The number of para-hydroxylation sites is 2. The van der Waals surface area contributed by atoms with Crippen LogP contribution < -0.4 is 10.7 Å². The normalized spacial score (nSPS) is 12.9. The Morgan fingerprint density at radius 2 is 1.76 bits per heavy atom. The molecule has 2 N–H and O–H groups in total. The van der Waals surface area contributed by atoms with Crippen molar-refractivity contribution in [3.63, 3.8) is 0 Å². The summed E-state index contributed by atoms with van der Waals surface area (Å²) < 4.78 is 0. The molecule has 0 saturated heterocycles. The number of rotatable bonds is 1. The monoisotopic (exact) mass is 276 g/mol. The van der Waals surface area contributed by atoms with Gasteiger partial charge in [-0.3, -0.25) is 0 Å². The largest absolute Gasteiger partial charge is 0.493 e. The number of H-pyrrole nitrogens is 1. The zero-order valence-corrected chi connectivity index (χ0v) is 11.3. The molecule has 0 atom stereocenters. The minimum absolute atomic E-state index is 0.0319. The van der Waals surface area contributed by atoms with Crippen LogP contribution in [0.2, 0.25) is 0 Å². The summed E-state index contributed by atoms with van der Waals surface area (Å²) in [5.41, 5.74) is 2.42. The van der Waals surface area contributed by atoms with E-state index in [9.17, 15) is 5.11 Å². The highest BCUT2D eigenvalue weighted by molar-refractivity contribution is 5.98. The zero-order valence-electron chi connectivity index (χ0n) is 11.3. The summed E-state index contributed by atoms with van der Waals surface area (Å²) in [5, 5.41) is 12.5. The number of guanidine groups is 1. The number of nitrogens with one attached hydrogen (secondary N) is 1. The van der Waals surface area contributed by atoms with Gasteiger partial charge in [-0.25, -0.2) is 15.0 Å². The molecule has 0 amide bonds. The topological polar surface area (TPSA) is 73.1 Å². The third-order valence-corrected chi connectivity index (χ3v) is 3.44. The van der Waals surface area contributed by atoms with Crippen LogP contribution in [0.3, 0.4) is 0 Å². The SMILES string of the molecule is Cc1ccc2[nH]c(O)c(N=C3N=c4ccccc4=N3)c2c1. The number of aryl methyl sites for hydroxylation is 1. The van der Waals surface area contributed by atoms with Crippen LogP contribution in [0.25, 0.3) is 10.9 Å². The van der Waals surface area contributed by atoms with Crippen LogP contribution in [0.15, 0.2) is 57.4 Å². The number of aliphatic imine (C=N–C) groups is 1. The van der Waals surface area contributed by atoms with Crippen molar-refractivity contribution in [2.45, 2.75) is 6.92 Å². The van der Waals surface area contributed by atoms with Crippen molar-refractivity contribution < 1.29 is 5.11 Å². The van der Waals surface area contributed by atoms with Gasteiger partial charge in [-0.1, -0.05) is 23.8 Å². The van der Waals surface area contributed by atoms with E-state index in [1.165, 1.54) is 0 Å². The predicted molar refractivity (Wildman–Crippen MR) is 80.5 cm³/mol. The molecule has 0 unspecified atom stereocenters. The number of aromatic amines is 1. The van der Waals surface area contributed by atoms with E-state index in [0.29, 0.717) is 11.6 Å². The van der Waals surface area contributed by atoms with Crippen molar-refractivity contribution in [1.29, 1.82) is 0 Å². The van der Waals surface area contributed by atoms with E-state index in [-0.39, 0.29) is 5.88 Å². The van der Waals surface area contributed by atoms with Crippen LogP contribution in [-0.4, -0.2) is 16.1 Å². The maximum atomic E-state index is 10.1. The van der Waals surface area contributed by atoms with E-state index >= 15 is 0 Å². The first-order chi connectivity index (χ1) is 10.2. The van der Waals surface area contributed by atoms with Gasteiger partial charge >= 0.3 is 0 Å². The Morgan fingerprint density at radius 3 is 2.48 bits per heavy atom. The Balaban J connectivity index is 1.93. The molecule has 0 aliphatic carbocycles. The molecule has 0 bridgehead atoms. The van der Waals surface area contributed by atoms with Gasteiger partial charge in [0.2, 0.25) is 5.88 Å². The van der Waals surface area contributed by atoms with Crippen molar-refractivity contribution in [1.82, 2.24) is 4.98 Å². The molecule has 4 rings (SSSR count). The molecule has 0 radical (unpaired) electrons. The summed E-state index contributed by atoms with van der Waals surface area (Å²) in [6, 6.07) is 13.5. The van der Waals surface area contributed by atoms with E-state index in [1.54, 1.807) is 0 Å². The lowest BCUT2D eigenvalue weighted by Gasteiger charge is -1.95. The first-order valence-electron chi connectivity index (χ1n) is 6.63.